The summed E-state index contributed by atoms with van der Waals surface area (Å²) in [5.74, 6) is -0.0987. The van der Waals surface area contributed by atoms with Gasteiger partial charge in [0.25, 0.3) is 11.5 Å². The van der Waals surface area contributed by atoms with Gasteiger partial charge in [-0.05, 0) is 47.9 Å². The lowest BCUT2D eigenvalue weighted by Gasteiger charge is -2.27. The summed E-state index contributed by atoms with van der Waals surface area (Å²) in [6, 6.07) is 18.7. The third-order valence-electron chi connectivity index (χ3n) is 5.46. The van der Waals surface area contributed by atoms with E-state index in [0.29, 0.717) is 40.2 Å². The normalized spacial score (nSPS) is 14.2. The zero-order chi connectivity index (χ0) is 20.7. The van der Waals surface area contributed by atoms with Gasteiger partial charge in [0.15, 0.2) is 0 Å². The van der Waals surface area contributed by atoms with Crippen molar-refractivity contribution in [2.24, 2.45) is 0 Å². The molecule has 6 heteroatoms. The number of nitrogens with zero attached hydrogens (tertiary/aromatic N) is 3. The number of aromatic nitrogens is 2. The van der Waals surface area contributed by atoms with Crippen molar-refractivity contribution in [1.82, 2.24) is 14.3 Å². The number of carbonyl (C=O) groups is 1. The summed E-state index contributed by atoms with van der Waals surface area (Å²) in [5.41, 5.74) is 3.75. The van der Waals surface area contributed by atoms with Gasteiger partial charge in [0.2, 0.25) is 0 Å². The predicted octanol–water partition coefficient (Wildman–Crippen LogP) is 4.43. The zero-order valence-electron chi connectivity index (χ0n) is 16.1. The SMILES string of the molecule is O=C(c1ccc2nc3ccc(Cl)cc3c(=O)n2c1)N1CC=C(c2ccccc2)CC1. The first-order chi connectivity index (χ1) is 14.6. The largest absolute Gasteiger partial charge is 0.335 e. The highest BCUT2D eigenvalue weighted by Crippen LogP contribution is 2.23. The Morgan fingerprint density at radius 3 is 2.63 bits per heavy atom. The summed E-state index contributed by atoms with van der Waals surface area (Å²) in [6.07, 6.45) is 4.47. The molecule has 148 valence electrons. The second kappa shape index (κ2) is 7.43. The number of pyridine rings is 1. The van der Waals surface area contributed by atoms with Crippen LogP contribution in [0, 0.1) is 0 Å². The molecular weight excluding hydrogens is 398 g/mol. The third kappa shape index (κ3) is 3.27. The van der Waals surface area contributed by atoms with Crippen molar-refractivity contribution in [3.8, 4) is 0 Å². The molecule has 0 saturated carbocycles. The molecule has 0 N–H and O–H groups in total. The van der Waals surface area contributed by atoms with Gasteiger partial charge in [-0.3, -0.25) is 14.0 Å². The Kier molecular flexibility index (Phi) is 4.60. The van der Waals surface area contributed by atoms with Crippen LogP contribution < -0.4 is 5.56 Å². The first-order valence-electron chi connectivity index (χ1n) is 9.75. The average molecular weight is 416 g/mol. The van der Waals surface area contributed by atoms with Crippen LogP contribution in [-0.2, 0) is 0 Å². The van der Waals surface area contributed by atoms with Crippen molar-refractivity contribution < 1.29 is 4.79 Å². The molecule has 1 aliphatic rings. The second-order valence-electron chi connectivity index (χ2n) is 7.32. The fourth-order valence-corrected chi connectivity index (χ4v) is 4.03. The number of hydrogen-bond acceptors (Lipinski definition) is 3. The topological polar surface area (TPSA) is 54.7 Å². The highest BCUT2D eigenvalue weighted by molar-refractivity contribution is 6.31. The molecule has 1 aliphatic heterocycles. The van der Waals surface area contributed by atoms with Gasteiger partial charge in [-0.25, -0.2) is 4.98 Å². The maximum absolute atomic E-state index is 13.1. The number of fused-ring (bicyclic) bond motifs is 2. The van der Waals surface area contributed by atoms with Gasteiger partial charge in [-0.1, -0.05) is 48.0 Å². The van der Waals surface area contributed by atoms with Crippen LogP contribution in [0.3, 0.4) is 0 Å². The molecule has 5 rings (SSSR count). The Bertz CT molecular complexity index is 1380. The number of benzene rings is 2. The Labute approximate surface area is 177 Å². The molecule has 30 heavy (non-hydrogen) atoms. The summed E-state index contributed by atoms with van der Waals surface area (Å²) in [5, 5.41) is 0.904. The molecule has 0 spiro atoms. The molecule has 0 aliphatic carbocycles. The number of amides is 1. The molecule has 0 radical (unpaired) electrons. The Balaban J connectivity index is 1.47. The highest BCUT2D eigenvalue weighted by Gasteiger charge is 2.20. The molecule has 4 aromatic rings. The summed E-state index contributed by atoms with van der Waals surface area (Å²) in [6.45, 7) is 1.18. The lowest BCUT2D eigenvalue weighted by atomic mass is 9.99. The van der Waals surface area contributed by atoms with Crippen LogP contribution in [0.1, 0.15) is 22.3 Å². The van der Waals surface area contributed by atoms with Crippen molar-refractivity contribution in [2.45, 2.75) is 6.42 Å². The standard InChI is InChI=1S/C24H18ClN3O2/c25-19-7-8-21-20(14-19)24(30)28-15-18(6-9-22(28)26-21)23(29)27-12-10-17(11-13-27)16-4-2-1-3-5-16/h1-10,14-15H,11-13H2. The number of halogens is 1. The fourth-order valence-electron chi connectivity index (χ4n) is 3.85. The quantitative estimate of drug-likeness (QED) is 0.455. The van der Waals surface area contributed by atoms with Crippen molar-refractivity contribution in [3.05, 3.63) is 99.4 Å². The first kappa shape index (κ1) is 18.6. The second-order valence-corrected chi connectivity index (χ2v) is 7.76. The van der Waals surface area contributed by atoms with E-state index in [9.17, 15) is 9.59 Å². The van der Waals surface area contributed by atoms with Crippen LogP contribution in [0.25, 0.3) is 22.1 Å². The average Bonchev–Trinajstić information content (AvgIpc) is 2.80. The minimum Gasteiger partial charge on any atom is -0.335 e. The third-order valence-corrected chi connectivity index (χ3v) is 5.69. The van der Waals surface area contributed by atoms with E-state index >= 15 is 0 Å². The maximum Gasteiger partial charge on any atom is 0.265 e. The molecule has 3 heterocycles. The van der Waals surface area contributed by atoms with Gasteiger partial charge in [-0.15, -0.1) is 0 Å². The molecule has 0 bridgehead atoms. The van der Waals surface area contributed by atoms with Crippen LogP contribution >= 0.6 is 11.6 Å². The van der Waals surface area contributed by atoms with Crippen molar-refractivity contribution in [1.29, 1.82) is 0 Å². The number of carbonyl (C=O) groups excluding carboxylic acids is 1. The summed E-state index contributed by atoms with van der Waals surface area (Å²) >= 11 is 6.04. The predicted molar refractivity (Wildman–Crippen MR) is 119 cm³/mol. The van der Waals surface area contributed by atoms with E-state index in [1.807, 2.05) is 18.2 Å². The lowest BCUT2D eigenvalue weighted by Crippen LogP contribution is -2.35. The Morgan fingerprint density at radius 1 is 1.03 bits per heavy atom. The van der Waals surface area contributed by atoms with Gasteiger partial charge < -0.3 is 4.90 Å². The van der Waals surface area contributed by atoms with Crippen LogP contribution in [0.5, 0.6) is 0 Å². The van der Waals surface area contributed by atoms with Crippen LogP contribution in [0.2, 0.25) is 5.02 Å². The van der Waals surface area contributed by atoms with Gasteiger partial charge in [0.1, 0.15) is 5.65 Å². The van der Waals surface area contributed by atoms with E-state index in [1.165, 1.54) is 15.5 Å². The molecule has 2 aromatic carbocycles. The monoisotopic (exact) mass is 415 g/mol. The molecule has 0 saturated heterocycles. The van der Waals surface area contributed by atoms with E-state index in [-0.39, 0.29) is 11.5 Å². The van der Waals surface area contributed by atoms with E-state index < -0.39 is 0 Å². The summed E-state index contributed by atoms with van der Waals surface area (Å²) in [4.78, 5) is 32.3. The highest BCUT2D eigenvalue weighted by atomic mass is 35.5. The number of hydrogen-bond donors (Lipinski definition) is 0. The smallest absolute Gasteiger partial charge is 0.265 e. The fraction of sp³-hybridized carbons (Fsp3) is 0.125. The van der Waals surface area contributed by atoms with Crippen LogP contribution in [-0.4, -0.2) is 33.3 Å². The van der Waals surface area contributed by atoms with E-state index in [2.05, 4.69) is 23.2 Å². The zero-order valence-corrected chi connectivity index (χ0v) is 16.8. The maximum atomic E-state index is 13.1. The van der Waals surface area contributed by atoms with Crippen molar-refractivity contribution in [3.63, 3.8) is 0 Å². The van der Waals surface area contributed by atoms with Gasteiger partial charge in [0, 0.05) is 24.3 Å². The minimum atomic E-state index is -0.239. The molecule has 1 amide bonds. The molecule has 0 atom stereocenters. The minimum absolute atomic E-state index is 0.0987. The number of rotatable bonds is 2. The van der Waals surface area contributed by atoms with Crippen molar-refractivity contribution >= 4 is 39.6 Å². The molecule has 0 unspecified atom stereocenters. The summed E-state index contributed by atoms with van der Waals surface area (Å²) in [7, 11) is 0. The molecule has 5 nitrogen and oxygen atoms in total. The van der Waals surface area contributed by atoms with Gasteiger partial charge >= 0.3 is 0 Å². The van der Waals surface area contributed by atoms with E-state index in [1.54, 1.807) is 41.4 Å². The van der Waals surface area contributed by atoms with Gasteiger partial charge in [-0.2, -0.15) is 0 Å². The molecule has 0 fully saturated rings. The van der Waals surface area contributed by atoms with Crippen LogP contribution in [0.15, 0.2) is 77.7 Å². The first-order valence-corrected chi connectivity index (χ1v) is 10.1. The van der Waals surface area contributed by atoms with Crippen molar-refractivity contribution in [2.75, 3.05) is 13.1 Å². The van der Waals surface area contributed by atoms with Crippen LogP contribution in [0.4, 0.5) is 0 Å². The Morgan fingerprint density at radius 2 is 1.87 bits per heavy atom. The Hall–Kier alpha value is -3.44. The molecular formula is C24H18ClN3O2. The van der Waals surface area contributed by atoms with E-state index in [0.717, 1.165) is 6.42 Å². The molecule has 2 aromatic heterocycles. The summed E-state index contributed by atoms with van der Waals surface area (Å²) < 4.78 is 1.42. The van der Waals surface area contributed by atoms with Gasteiger partial charge in [0.05, 0.1) is 16.5 Å². The lowest BCUT2D eigenvalue weighted by molar-refractivity contribution is 0.0772. The van der Waals surface area contributed by atoms with E-state index in [4.69, 9.17) is 11.6 Å².